The minimum Gasteiger partial charge on any atom is -0.399 e. The van der Waals surface area contributed by atoms with Gasteiger partial charge in [0.25, 0.3) is 5.91 Å². The molecule has 1 aromatic carbocycles. The van der Waals surface area contributed by atoms with Gasteiger partial charge >= 0.3 is 0 Å². The average Bonchev–Trinajstić information content (AvgIpc) is 3.24. The lowest BCUT2D eigenvalue weighted by atomic mass is 10.1. The molecule has 0 spiro atoms. The summed E-state index contributed by atoms with van der Waals surface area (Å²) in [6.45, 7) is 4.36. The average molecular weight is 318 g/mol. The zero-order chi connectivity index (χ0) is 16.4. The number of carbonyl (C=O) groups excluding carboxylic acids is 1. The Bertz CT molecular complexity index is 572. The topological polar surface area (TPSA) is 62.0 Å². The smallest absolute Gasteiger partial charge is 0.279 e. The molecule has 6 nitrogen and oxygen atoms in total. The fourth-order valence-corrected chi connectivity index (χ4v) is 3.62. The van der Waals surface area contributed by atoms with Crippen LogP contribution >= 0.6 is 0 Å². The molecule has 1 unspecified atom stereocenters. The number of hydrogen-bond donors (Lipinski definition) is 1. The van der Waals surface area contributed by atoms with Crippen LogP contribution in [0, 0.1) is 0 Å². The summed E-state index contributed by atoms with van der Waals surface area (Å²) in [5.41, 5.74) is 8.05. The van der Waals surface area contributed by atoms with Crippen LogP contribution in [-0.2, 0) is 4.84 Å². The molecule has 6 heteroatoms. The maximum Gasteiger partial charge on any atom is 0.279 e. The normalized spacial score (nSPS) is 21.8. The van der Waals surface area contributed by atoms with Crippen molar-refractivity contribution in [1.82, 2.24) is 9.96 Å². The van der Waals surface area contributed by atoms with Crippen molar-refractivity contribution < 1.29 is 9.63 Å². The van der Waals surface area contributed by atoms with Crippen molar-refractivity contribution in [1.29, 1.82) is 0 Å². The van der Waals surface area contributed by atoms with Crippen LogP contribution in [0.4, 0.5) is 11.4 Å². The number of likely N-dealkylation sites (tertiary alicyclic amines) is 1. The van der Waals surface area contributed by atoms with Crippen molar-refractivity contribution in [2.75, 3.05) is 51.0 Å². The van der Waals surface area contributed by atoms with Crippen molar-refractivity contribution in [3.63, 3.8) is 0 Å². The molecule has 1 amide bonds. The van der Waals surface area contributed by atoms with Crippen molar-refractivity contribution in [2.45, 2.75) is 25.3 Å². The van der Waals surface area contributed by atoms with E-state index in [1.165, 1.54) is 38.1 Å². The van der Waals surface area contributed by atoms with Crippen molar-refractivity contribution in [3.05, 3.63) is 23.8 Å². The lowest BCUT2D eigenvalue weighted by Gasteiger charge is -2.26. The van der Waals surface area contributed by atoms with Crippen LogP contribution in [0.25, 0.3) is 0 Å². The Morgan fingerprint density at radius 2 is 2.04 bits per heavy atom. The van der Waals surface area contributed by atoms with Gasteiger partial charge in [0.05, 0.1) is 12.7 Å². The molecule has 0 radical (unpaired) electrons. The van der Waals surface area contributed by atoms with Gasteiger partial charge in [-0.1, -0.05) is 0 Å². The van der Waals surface area contributed by atoms with Gasteiger partial charge in [0.1, 0.15) is 0 Å². The predicted molar refractivity (Wildman–Crippen MR) is 91.4 cm³/mol. The van der Waals surface area contributed by atoms with Gasteiger partial charge < -0.3 is 10.6 Å². The molecule has 126 valence electrons. The van der Waals surface area contributed by atoms with Crippen LogP contribution in [0.5, 0.6) is 0 Å². The van der Waals surface area contributed by atoms with E-state index in [4.69, 9.17) is 10.6 Å². The Balaban J connectivity index is 1.81. The summed E-state index contributed by atoms with van der Waals surface area (Å²) >= 11 is 0. The van der Waals surface area contributed by atoms with Crippen molar-refractivity contribution >= 4 is 17.3 Å². The van der Waals surface area contributed by atoms with E-state index in [1.807, 2.05) is 12.1 Å². The molecule has 2 aliphatic rings. The molecule has 0 aromatic heterocycles. The number of carbonyl (C=O) groups is 1. The fraction of sp³-hybridized carbons (Fsp3) is 0.588. The summed E-state index contributed by atoms with van der Waals surface area (Å²) in [6, 6.07) is 6.16. The lowest BCUT2D eigenvalue weighted by molar-refractivity contribution is -0.0756. The number of nitrogens with zero attached hydrogens (tertiary/aromatic N) is 3. The summed E-state index contributed by atoms with van der Waals surface area (Å²) in [5.74, 6) is -0.167. The summed E-state index contributed by atoms with van der Waals surface area (Å²) in [4.78, 5) is 22.5. The van der Waals surface area contributed by atoms with Crippen LogP contribution in [0.3, 0.4) is 0 Å². The van der Waals surface area contributed by atoms with Crippen molar-refractivity contribution in [2.24, 2.45) is 0 Å². The highest BCUT2D eigenvalue weighted by molar-refractivity contribution is 6.00. The Morgan fingerprint density at radius 1 is 1.30 bits per heavy atom. The molecule has 0 bridgehead atoms. The quantitative estimate of drug-likeness (QED) is 0.674. The number of benzene rings is 1. The monoisotopic (exact) mass is 318 g/mol. The molecule has 1 atom stereocenters. The number of rotatable bonds is 4. The summed E-state index contributed by atoms with van der Waals surface area (Å²) in [7, 11) is 3.11. The van der Waals surface area contributed by atoms with E-state index in [0.29, 0.717) is 17.3 Å². The Labute approximate surface area is 137 Å². The molecule has 0 aliphatic carbocycles. The standard InChI is InChI=1S/C17H26N4O2/c1-19(23-2)17(22)15-11-13(18)5-6-16(15)21-10-7-14(12-21)20-8-3-4-9-20/h5-6,11,14H,3-4,7-10,12,18H2,1-2H3. The van der Waals surface area contributed by atoms with E-state index >= 15 is 0 Å². The molecule has 2 aliphatic heterocycles. The summed E-state index contributed by atoms with van der Waals surface area (Å²) < 4.78 is 0. The number of hydrogen-bond acceptors (Lipinski definition) is 5. The molecule has 2 heterocycles. The molecule has 2 N–H and O–H groups in total. The van der Waals surface area contributed by atoms with Gasteiger partial charge in [-0.3, -0.25) is 14.5 Å². The third-order valence-electron chi connectivity index (χ3n) is 4.97. The molecular formula is C17H26N4O2. The molecule has 23 heavy (non-hydrogen) atoms. The van der Waals surface area contributed by atoms with Crippen LogP contribution in [-0.4, -0.2) is 62.2 Å². The highest BCUT2D eigenvalue weighted by Crippen LogP contribution is 2.30. The maximum atomic E-state index is 12.6. The van der Waals surface area contributed by atoms with Crippen molar-refractivity contribution in [3.8, 4) is 0 Å². The van der Waals surface area contributed by atoms with Gasteiger partial charge in [-0.25, -0.2) is 5.06 Å². The fourth-order valence-electron chi connectivity index (χ4n) is 3.62. The molecule has 0 saturated carbocycles. The first-order chi connectivity index (χ1) is 11.1. The largest absolute Gasteiger partial charge is 0.399 e. The zero-order valence-electron chi connectivity index (χ0n) is 14.0. The van der Waals surface area contributed by atoms with E-state index in [9.17, 15) is 4.79 Å². The number of hydroxylamine groups is 2. The number of nitrogen functional groups attached to an aromatic ring is 1. The Hall–Kier alpha value is -1.79. The van der Waals surface area contributed by atoms with Crippen LogP contribution in [0.1, 0.15) is 29.6 Å². The van der Waals surface area contributed by atoms with E-state index < -0.39 is 0 Å². The van der Waals surface area contributed by atoms with Gasteiger partial charge in [-0.15, -0.1) is 0 Å². The minimum atomic E-state index is -0.167. The van der Waals surface area contributed by atoms with E-state index in [-0.39, 0.29) is 5.91 Å². The van der Waals surface area contributed by atoms with Crippen LogP contribution in [0.15, 0.2) is 18.2 Å². The third-order valence-corrected chi connectivity index (χ3v) is 4.97. The van der Waals surface area contributed by atoms with Gasteiger partial charge in [0.15, 0.2) is 0 Å². The number of nitrogens with two attached hydrogens (primary N) is 1. The van der Waals surface area contributed by atoms with Gasteiger partial charge in [-0.05, 0) is 50.6 Å². The lowest BCUT2D eigenvalue weighted by Crippen LogP contribution is -2.36. The molecule has 2 fully saturated rings. The number of amides is 1. The second-order valence-corrected chi connectivity index (χ2v) is 6.39. The van der Waals surface area contributed by atoms with Gasteiger partial charge in [0, 0.05) is 37.6 Å². The number of anilines is 2. The van der Waals surface area contributed by atoms with Crippen LogP contribution < -0.4 is 10.6 Å². The van der Waals surface area contributed by atoms with E-state index in [2.05, 4.69) is 9.80 Å². The first-order valence-electron chi connectivity index (χ1n) is 8.31. The molecular weight excluding hydrogens is 292 g/mol. The highest BCUT2D eigenvalue weighted by Gasteiger charge is 2.31. The third kappa shape index (κ3) is 3.28. The van der Waals surface area contributed by atoms with Gasteiger partial charge in [-0.2, -0.15) is 0 Å². The van der Waals surface area contributed by atoms with Gasteiger partial charge in [0.2, 0.25) is 0 Å². The van der Waals surface area contributed by atoms with E-state index in [1.54, 1.807) is 13.1 Å². The zero-order valence-corrected chi connectivity index (χ0v) is 14.0. The first-order valence-corrected chi connectivity index (χ1v) is 8.31. The second-order valence-electron chi connectivity index (χ2n) is 6.39. The first kappa shape index (κ1) is 16.1. The molecule has 1 aromatic rings. The Kier molecular flexibility index (Phi) is 4.73. The maximum absolute atomic E-state index is 12.6. The summed E-state index contributed by atoms with van der Waals surface area (Å²) in [5, 5.41) is 1.24. The SMILES string of the molecule is CON(C)C(=O)c1cc(N)ccc1N1CCC(N2CCCC2)C1. The predicted octanol–water partition coefficient (Wildman–Crippen LogP) is 1.58. The highest BCUT2D eigenvalue weighted by atomic mass is 16.7. The second kappa shape index (κ2) is 6.76. The van der Waals surface area contributed by atoms with E-state index in [0.717, 1.165) is 25.2 Å². The molecule has 2 saturated heterocycles. The van der Waals surface area contributed by atoms with Crippen LogP contribution in [0.2, 0.25) is 0 Å². The minimum absolute atomic E-state index is 0.167. The molecule has 3 rings (SSSR count). The summed E-state index contributed by atoms with van der Waals surface area (Å²) in [6.07, 6.45) is 3.76. The Morgan fingerprint density at radius 3 is 2.74 bits per heavy atom.